The first-order valence-corrected chi connectivity index (χ1v) is 14.5. The third-order valence-electron chi connectivity index (χ3n) is 6.53. The first kappa shape index (κ1) is 26.9. The molecule has 2 aromatic heterocycles. The number of fused-ring (bicyclic) bond motifs is 2. The fourth-order valence-electron chi connectivity index (χ4n) is 4.71. The van der Waals surface area contributed by atoms with E-state index < -0.39 is 24.2 Å². The van der Waals surface area contributed by atoms with Gasteiger partial charge in [-0.2, -0.15) is 18.3 Å². The zero-order chi connectivity index (χ0) is 27.8. The number of benzene rings is 3. The summed E-state index contributed by atoms with van der Waals surface area (Å²) in [7, 11) is -3.36. The van der Waals surface area contributed by atoms with Gasteiger partial charge in [0.2, 0.25) is 0 Å². The highest BCUT2D eigenvalue weighted by atomic mass is 31.2. The van der Waals surface area contributed by atoms with Crippen molar-refractivity contribution in [3.63, 3.8) is 0 Å². The third-order valence-corrected chi connectivity index (χ3v) is 10.4. The second-order valence-corrected chi connectivity index (χ2v) is 13.6. The van der Waals surface area contributed by atoms with Gasteiger partial charge in [0.05, 0.1) is 16.8 Å². The Morgan fingerprint density at radius 2 is 1.62 bits per heavy atom. The van der Waals surface area contributed by atoms with Gasteiger partial charge >= 0.3 is 6.18 Å². The Balaban J connectivity index is 1.95. The van der Waals surface area contributed by atoms with E-state index in [2.05, 4.69) is 4.98 Å². The van der Waals surface area contributed by atoms with E-state index in [4.69, 9.17) is 14.4 Å². The molecule has 0 saturated heterocycles. The van der Waals surface area contributed by atoms with Crippen molar-refractivity contribution in [1.29, 1.82) is 0 Å². The molecule has 0 unspecified atom stereocenters. The number of aromatic nitrogens is 3. The van der Waals surface area contributed by atoms with Crippen molar-refractivity contribution in [1.82, 2.24) is 14.8 Å². The van der Waals surface area contributed by atoms with Crippen LogP contribution in [-0.4, -0.2) is 19.9 Å². The fourth-order valence-corrected chi connectivity index (χ4v) is 8.03. The normalized spacial score (nSPS) is 13.9. The lowest BCUT2D eigenvalue weighted by molar-refractivity contribution is -0.137. The molecule has 0 aliphatic heterocycles. The van der Waals surface area contributed by atoms with Crippen molar-refractivity contribution in [3.05, 3.63) is 90.6 Å². The summed E-state index contributed by atoms with van der Waals surface area (Å²) >= 11 is 0. The molecule has 0 amide bonds. The number of para-hydroxylation sites is 1. The van der Waals surface area contributed by atoms with Gasteiger partial charge in [0.15, 0.2) is 13.0 Å². The molecular formula is C30H30F3N4OP. The number of nitrogens with zero attached hydrogens (tertiary/aromatic N) is 4. The summed E-state index contributed by atoms with van der Waals surface area (Å²) in [5.41, 5.74) is 1.11. The molecule has 5 aromatic rings. The minimum atomic E-state index is -4.58. The van der Waals surface area contributed by atoms with Gasteiger partial charge < -0.3 is 4.52 Å². The van der Waals surface area contributed by atoms with Gasteiger partial charge in [-0.25, -0.2) is 4.74 Å². The van der Waals surface area contributed by atoms with Gasteiger partial charge in [0.1, 0.15) is 11.0 Å². The maximum Gasteiger partial charge on any atom is 0.418 e. The summed E-state index contributed by atoms with van der Waals surface area (Å²) in [4.78, 5) is 4.56. The highest BCUT2D eigenvalue weighted by Gasteiger charge is 2.44. The number of halogens is 3. The van der Waals surface area contributed by atoms with Gasteiger partial charge in [-0.1, -0.05) is 76.2 Å². The zero-order valence-electron chi connectivity index (χ0n) is 22.3. The number of pyridine rings is 1. The summed E-state index contributed by atoms with van der Waals surface area (Å²) in [6.45, 7) is 8.51. The molecule has 2 heterocycles. The van der Waals surface area contributed by atoms with Crippen molar-refractivity contribution in [2.24, 2.45) is 4.74 Å². The molecule has 1 atom stereocenters. The van der Waals surface area contributed by atoms with Gasteiger partial charge in [0, 0.05) is 28.7 Å². The van der Waals surface area contributed by atoms with Crippen LogP contribution in [0.4, 0.5) is 18.9 Å². The standard InChI is InChI=1S/C30H30F3N4OP/c1-5-20-37-28(22-14-6-8-16-24(22)35-37)39(29(2,3)4,36-25-17-9-7-15-23(25)30(31,32)33)38-26-18-10-12-21-13-11-19-34-27(21)26/h6-19H,5,20H2,1-4H3/t39-/m0/s1. The lowest BCUT2D eigenvalue weighted by Crippen LogP contribution is -2.32. The predicted molar refractivity (Wildman–Crippen MR) is 152 cm³/mol. The Morgan fingerprint density at radius 3 is 2.36 bits per heavy atom. The van der Waals surface area contributed by atoms with Crippen LogP contribution in [0.2, 0.25) is 0 Å². The van der Waals surface area contributed by atoms with E-state index in [9.17, 15) is 13.2 Å². The van der Waals surface area contributed by atoms with Crippen molar-refractivity contribution < 1.29 is 17.7 Å². The van der Waals surface area contributed by atoms with Gasteiger partial charge in [-0.3, -0.25) is 9.67 Å². The second-order valence-electron chi connectivity index (χ2n) is 10.3. The van der Waals surface area contributed by atoms with Crippen molar-refractivity contribution in [2.45, 2.75) is 52.0 Å². The SMILES string of the molecule is CCCn1nc2ccccc2c1[P@](=Nc1ccccc1C(F)(F)F)(Oc1cccc2cccnc12)C(C)(C)C. The van der Waals surface area contributed by atoms with E-state index >= 15 is 0 Å². The average molecular weight is 551 g/mol. The van der Waals surface area contributed by atoms with E-state index in [0.29, 0.717) is 23.2 Å². The molecule has 0 aliphatic rings. The van der Waals surface area contributed by atoms with E-state index in [0.717, 1.165) is 28.8 Å². The van der Waals surface area contributed by atoms with Crippen molar-refractivity contribution in [3.8, 4) is 5.75 Å². The predicted octanol–water partition coefficient (Wildman–Crippen LogP) is 8.96. The number of hydrogen-bond acceptors (Lipinski definition) is 4. The smallest absolute Gasteiger partial charge is 0.418 e. The fraction of sp³-hybridized carbons (Fsp3) is 0.267. The molecular weight excluding hydrogens is 520 g/mol. The molecule has 5 rings (SSSR count). The van der Waals surface area contributed by atoms with Crippen molar-refractivity contribution >= 4 is 40.2 Å². The minimum Gasteiger partial charge on any atom is -0.451 e. The van der Waals surface area contributed by atoms with Crippen LogP contribution < -0.4 is 9.96 Å². The summed E-state index contributed by atoms with van der Waals surface area (Å²) in [5, 5.41) is 5.82. The van der Waals surface area contributed by atoms with Crippen LogP contribution in [0.25, 0.3) is 21.8 Å². The summed E-state index contributed by atoms with van der Waals surface area (Å²) < 4.78 is 56.7. The molecule has 0 bridgehead atoms. The molecule has 0 radical (unpaired) electrons. The first-order valence-electron chi connectivity index (χ1n) is 12.8. The van der Waals surface area contributed by atoms with Gasteiger partial charge in [0.25, 0.3) is 0 Å². The Kier molecular flexibility index (Phi) is 7.02. The number of rotatable bonds is 6. The van der Waals surface area contributed by atoms with Crippen LogP contribution in [-0.2, 0) is 12.7 Å². The van der Waals surface area contributed by atoms with Crippen LogP contribution in [0.15, 0.2) is 89.8 Å². The average Bonchev–Trinajstić information content (AvgIpc) is 3.26. The highest BCUT2D eigenvalue weighted by Crippen LogP contribution is 2.64. The highest BCUT2D eigenvalue weighted by molar-refractivity contribution is 7.71. The minimum absolute atomic E-state index is 0.158. The lowest BCUT2D eigenvalue weighted by Gasteiger charge is -2.37. The molecule has 9 heteroatoms. The Hall–Kier alpha value is -3.64. The summed E-state index contributed by atoms with van der Waals surface area (Å²) in [6, 6.07) is 22.5. The molecule has 0 N–H and O–H groups in total. The lowest BCUT2D eigenvalue weighted by atomic mass is 10.2. The molecule has 202 valence electrons. The van der Waals surface area contributed by atoms with Crippen LogP contribution >= 0.6 is 7.28 Å². The summed E-state index contributed by atoms with van der Waals surface area (Å²) in [6.07, 6.45) is -2.13. The van der Waals surface area contributed by atoms with E-state index in [1.165, 1.54) is 12.1 Å². The Bertz CT molecular complexity index is 1700. The largest absolute Gasteiger partial charge is 0.451 e. The summed E-state index contributed by atoms with van der Waals surface area (Å²) in [5.74, 6) is 0.470. The van der Waals surface area contributed by atoms with Crippen LogP contribution in [0.5, 0.6) is 5.75 Å². The molecule has 0 fully saturated rings. The second kappa shape index (κ2) is 10.2. The zero-order valence-corrected chi connectivity index (χ0v) is 23.2. The molecule has 0 spiro atoms. The van der Waals surface area contributed by atoms with Crippen LogP contribution in [0, 0.1) is 0 Å². The van der Waals surface area contributed by atoms with Crippen LogP contribution in [0.3, 0.4) is 0 Å². The van der Waals surface area contributed by atoms with E-state index in [1.807, 2.05) is 87.0 Å². The van der Waals surface area contributed by atoms with E-state index in [1.54, 1.807) is 12.3 Å². The Labute approximate surface area is 225 Å². The maximum atomic E-state index is 14.2. The molecule has 3 aromatic carbocycles. The molecule has 0 saturated carbocycles. The number of alkyl halides is 3. The number of aryl methyl sites for hydroxylation is 1. The molecule has 39 heavy (non-hydrogen) atoms. The maximum absolute atomic E-state index is 14.2. The monoisotopic (exact) mass is 550 g/mol. The first-order chi connectivity index (χ1) is 18.5. The quantitative estimate of drug-likeness (QED) is 0.198. The topological polar surface area (TPSA) is 52.3 Å². The van der Waals surface area contributed by atoms with Gasteiger partial charge in [-0.15, -0.1) is 0 Å². The van der Waals surface area contributed by atoms with Crippen LogP contribution in [0.1, 0.15) is 39.7 Å². The Morgan fingerprint density at radius 1 is 0.897 bits per heavy atom. The van der Waals surface area contributed by atoms with Crippen molar-refractivity contribution in [2.75, 3.05) is 0 Å². The molecule has 5 nitrogen and oxygen atoms in total. The van der Waals surface area contributed by atoms with Gasteiger partial charge in [-0.05, 0) is 36.8 Å². The molecule has 0 aliphatic carbocycles. The third kappa shape index (κ3) is 4.94. The number of hydrogen-bond donors (Lipinski definition) is 0. The van der Waals surface area contributed by atoms with E-state index in [-0.39, 0.29) is 5.69 Å².